The smallest absolute Gasteiger partial charge is 0.488 e. The summed E-state index contributed by atoms with van der Waals surface area (Å²) in [5.74, 6) is -5.17. The molecule has 2 N–H and O–H groups in total. The first-order valence-electron chi connectivity index (χ1n) is 19.4. The molecule has 1 aromatic heterocycles. The molecule has 3 heterocycles. The number of amides is 1. The maximum absolute atomic E-state index is 15.6. The number of carboxylic acid groups (broad SMARTS) is 1. The van der Waals surface area contributed by atoms with Crippen molar-refractivity contribution >= 4 is 43.0 Å². The van der Waals surface area contributed by atoms with Crippen molar-refractivity contribution in [3.05, 3.63) is 136 Å². The van der Waals surface area contributed by atoms with Crippen LogP contribution in [-0.2, 0) is 36.5 Å². The highest BCUT2D eigenvalue weighted by atomic mass is 31.1. The number of cyclic esters (lactones) is 1. The Kier molecular flexibility index (Phi) is 11.7. The Morgan fingerprint density at radius 3 is 2.13 bits per heavy atom. The Morgan fingerprint density at radius 2 is 1.55 bits per heavy atom. The average Bonchev–Trinajstić information content (AvgIpc) is 4.02. The van der Waals surface area contributed by atoms with Crippen LogP contribution in [0.3, 0.4) is 0 Å². The van der Waals surface area contributed by atoms with Gasteiger partial charge in [0.1, 0.15) is 23.6 Å². The van der Waals surface area contributed by atoms with E-state index < -0.39 is 61.1 Å². The number of piperidine rings is 1. The number of rotatable bonds is 16. The molecule has 60 heavy (non-hydrogen) atoms. The molecule has 0 bridgehead atoms. The average molecular weight is 845 g/mol. The van der Waals surface area contributed by atoms with Crippen LogP contribution in [0.1, 0.15) is 53.2 Å². The van der Waals surface area contributed by atoms with Crippen LogP contribution in [0.4, 0.5) is 25.0 Å². The molecule has 8 rings (SSSR count). The number of pyridine rings is 1. The van der Waals surface area contributed by atoms with E-state index in [1.165, 1.54) is 18.3 Å². The third-order valence-corrected chi connectivity index (χ3v) is 11.4. The molecule has 2 unspecified atom stereocenters. The normalized spacial score (nSPS) is 17.9. The zero-order valence-electron chi connectivity index (χ0n) is 32.1. The molecule has 1 amide bonds. The minimum Gasteiger partial charge on any atom is -0.488 e. The van der Waals surface area contributed by atoms with Crippen LogP contribution >= 0.6 is 8.69 Å². The molecule has 3 fully saturated rings. The lowest BCUT2D eigenvalue weighted by Crippen LogP contribution is -2.50. The molecule has 312 valence electrons. The highest BCUT2D eigenvalue weighted by Crippen LogP contribution is 2.40. The highest BCUT2D eigenvalue weighted by molar-refractivity contribution is 7.17. The van der Waals surface area contributed by atoms with E-state index in [2.05, 4.69) is 0 Å². The van der Waals surface area contributed by atoms with Crippen molar-refractivity contribution in [3.63, 3.8) is 0 Å². The lowest BCUT2D eigenvalue weighted by atomic mass is 9.92. The van der Waals surface area contributed by atoms with E-state index in [-0.39, 0.29) is 80.8 Å². The van der Waals surface area contributed by atoms with E-state index in [1.54, 1.807) is 15.5 Å². The minimum absolute atomic E-state index is 0.0122. The summed E-state index contributed by atoms with van der Waals surface area (Å²) in [5.41, 5.74) is -0.293. The van der Waals surface area contributed by atoms with Gasteiger partial charge in [-0.3, -0.25) is 9.69 Å². The molecule has 0 radical (unpaired) electrons. The zero-order valence-corrected chi connectivity index (χ0v) is 33.1. The number of aromatic carboxylic acids is 1. The number of hydrogen-bond acceptors (Lipinski definition) is 11. The Labute approximate surface area is 343 Å². The number of carboxylic acids is 1. The number of anilines is 2. The number of ether oxygens (including phenoxy) is 4. The molecule has 1 aliphatic carbocycles. The van der Waals surface area contributed by atoms with E-state index >= 15 is 8.78 Å². The van der Waals surface area contributed by atoms with Crippen LogP contribution in [-0.4, -0.2) is 70.8 Å². The second-order valence-electron chi connectivity index (χ2n) is 15.1. The van der Waals surface area contributed by atoms with Gasteiger partial charge in [0.2, 0.25) is 11.5 Å². The monoisotopic (exact) mass is 844 g/mol. The van der Waals surface area contributed by atoms with E-state index in [1.807, 2.05) is 60.7 Å². The SMILES string of the molecule is O=[PH+]OC(OCc1ccccc1)(OCc1ccccc1)C1CN(c2ccc(OCC3(O)CCN(c4cc5c(cc4F)c(=O)c(C(=O)O)cn5C4CC4)CC3)c(F)c2)C(=O)O1. The summed E-state index contributed by atoms with van der Waals surface area (Å²) in [6, 6.07) is 24.7. The third-order valence-electron chi connectivity index (χ3n) is 11.0. The molecule has 2 atom stereocenters. The van der Waals surface area contributed by atoms with Gasteiger partial charge in [0.15, 0.2) is 11.6 Å². The first-order chi connectivity index (χ1) is 29.0. The summed E-state index contributed by atoms with van der Waals surface area (Å²) in [7, 11) is -1.35. The molecule has 0 spiro atoms. The summed E-state index contributed by atoms with van der Waals surface area (Å²) < 4.78 is 74.1. The second-order valence-corrected chi connectivity index (χ2v) is 15.4. The quantitative estimate of drug-likeness (QED) is 0.0766. The van der Waals surface area contributed by atoms with Gasteiger partial charge in [-0.05, 0) is 65.6 Å². The Balaban J connectivity index is 0.929. The molecule has 14 nitrogen and oxygen atoms in total. The van der Waals surface area contributed by atoms with Crippen molar-refractivity contribution in [3.8, 4) is 5.75 Å². The first kappa shape index (κ1) is 41.0. The van der Waals surface area contributed by atoms with Crippen molar-refractivity contribution in [2.24, 2.45) is 0 Å². The van der Waals surface area contributed by atoms with E-state index in [9.17, 15) is 29.2 Å². The van der Waals surface area contributed by atoms with Crippen molar-refractivity contribution in [1.29, 1.82) is 0 Å². The first-order valence-corrected chi connectivity index (χ1v) is 20.2. The number of nitrogens with zero attached hydrogens (tertiary/aromatic N) is 3. The Morgan fingerprint density at radius 1 is 0.900 bits per heavy atom. The summed E-state index contributed by atoms with van der Waals surface area (Å²) >= 11 is 0. The topological polar surface area (TPSA) is 166 Å². The van der Waals surface area contributed by atoms with Gasteiger partial charge in [0, 0.05) is 36.8 Å². The molecule has 5 aromatic rings. The molecule has 3 aliphatic rings. The van der Waals surface area contributed by atoms with Crippen LogP contribution in [0.2, 0.25) is 0 Å². The van der Waals surface area contributed by atoms with Gasteiger partial charge in [0.05, 0.1) is 36.6 Å². The molecule has 2 saturated heterocycles. The summed E-state index contributed by atoms with van der Waals surface area (Å²) in [5, 5.41) is 21.0. The van der Waals surface area contributed by atoms with Gasteiger partial charge >= 0.3 is 26.7 Å². The molecular weight excluding hydrogens is 803 g/mol. The number of fused-ring (bicyclic) bond motifs is 1. The summed E-state index contributed by atoms with van der Waals surface area (Å²) in [6.07, 6.45) is 1.12. The third kappa shape index (κ3) is 8.60. The maximum Gasteiger partial charge on any atom is 0.499 e. The number of aliphatic hydroxyl groups is 1. The second kappa shape index (κ2) is 17.1. The van der Waals surface area contributed by atoms with Crippen molar-refractivity contribution < 1.29 is 56.6 Å². The van der Waals surface area contributed by atoms with Gasteiger partial charge in [-0.25, -0.2) is 18.4 Å². The number of benzene rings is 4. The van der Waals surface area contributed by atoms with Crippen LogP contribution in [0, 0.1) is 11.6 Å². The number of hydrogen-bond donors (Lipinski definition) is 2. The maximum atomic E-state index is 15.6. The summed E-state index contributed by atoms with van der Waals surface area (Å²) in [4.78, 5) is 40.8. The Bertz CT molecular complexity index is 2420. The lowest BCUT2D eigenvalue weighted by molar-refractivity contribution is -0.380. The zero-order chi connectivity index (χ0) is 42.0. The van der Waals surface area contributed by atoms with E-state index in [0.29, 0.717) is 5.52 Å². The molecule has 17 heteroatoms. The van der Waals surface area contributed by atoms with Crippen molar-refractivity contribution in [2.75, 3.05) is 36.0 Å². The standard InChI is InChI=1S/C43H40F2N3O11P/c44-33-20-31-35(47(29-11-12-29)22-32(39(31)49)40(50)51)21-36(33)46-17-15-42(53,16-18-46)26-55-37-14-13-30(19-34(37)45)48-23-38(58-41(48)52)43(59-60-54,56-24-27-7-3-1-4-8-27)57-25-28-9-5-2-6-10-28/h1-10,13-14,19-22,29,38,53,60H,11-12,15-18,23-26H2/p+1. The predicted molar refractivity (Wildman–Crippen MR) is 215 cm³/mol. The van der Waals surface area contributed by atoms with Gasteiger partial charge in [-0.15, -0.1) is 0 Å². The highest BCUT2D eigenvalue weighted by Gasteiger charge is 2.55. The minimum atomic E-state index is -2.10. The predicted octanol–water partition coefficient (Wildman–Crippen LogP) is 7.09. The van der Waals surface area contributed by atoms with Crippen molar-refractivity contribution in [1.82, 2.24) is 4.57 Å². The van der Waals surface area contributed by atoms with Gasteiger partial charge in [-0.1, -0.05) is 65.2 Å². The molecule has 4 aromatic carbocycles. The summed E-state index contributed by atoms with van der Waals surface area (Å²) in [6.45, 7) is -0.156. The molecule has 1 saturated carbocycles. The number of aromatic nitrogens is 1. The van der Waals surface area contributed by atoms with Gasteiger partial charge in [0.25, 0.3) is 0 Å². The number of halogens is 2. The van der Waals surface area contributed by atoms with Crippen LogP contribution < -0.4 is 20.0 Å². The van der Waals surface area contributed by atoms with Gasteiger partial charge in [-0.2, -0.15) is 0 Å². The fourth-order valence-corrected chi connectivity index (χ4v) is 7.85. The lowest BCUT2D eigenvalue weighted by Gasteiger charge is -2.39. The fraction of sp³-hybridized carbons (Fsp3) is 0.326. The van der Waals surface area contributed by atoms with Crippen LogP contribution in [0.5, 0.6) is 5.75 Å². The van der Waals surface area contributed by atoms with Crippen molar-refractivity contribution in [2.45, 2.75) is 62.6 Å². The molecule has 2 aliphatic heterocycles. The fourth-order valence-electron chi connectivity index (χ4n) is 7.49. The number of carbonyl (C=O) groups is 2. The van der Waals surface area contributed by atoms with E-state index in [4.69, 9.17) is 23.5 Å². The van der Waals surface area contributed by atoms with E-state index in [0.717, 1.165) is 41.0 Å². The van der Waals surface area contributed by atoms with Gasteiger partial charge < -0.3 is 38.6 Å². The van der Waals surface area contributed by atoms with Crippen LogP contribution in [0.25, 0.3) is 10.9 Å². The molecular formula is C43H41F2N3O11P+. The van der Waals surface area contributed by atoms with Crippen LogP contribution in [0.15, 0.2) is 102 Å². The largest absolute Gasteiger partial charge is 0.499 e. The number of carbonyl (C=O) groups excluding carboxylic acids is 1. The Hall–Kier alpha value is -5.77.